The van der Waals surface area contributed by atoms with Gasteiger partial charge in [-0.1, -0.05) is 23.7 Å². The zero-order valence-electron chi connectivity index (χ0n) is 12.9. The van der Waals surface area contributed by atoms with Gasteiger partial charge in [0.05, 0.1) is 5.02 Å². The monoisotopic (exact) mass is 404 g/mol. The molecular formula is C18H14BrClN2O2. The van der Waals surface area contributed by atoms with Crippen LogP contribution < -0.4 is 4.90 Å². The average molecular weight is 406 g/mol. The molecule has 0 aliphatic rings. The summed E-state index contributed by atoms with van der Waals surface area (Å²) in [7, 11) is 0. The fraction of sp³-hybridized carbons (Fsp3) is 0.111. The normalized spacial score (nSPS) is 10.6. The number of hydrogen-bond donors (Lipinski definition) is 0. The lowest BCUT2D eigenvalue weighted by atomic mass is 10.2. The van der Waals surface area contributed by atoms with Crippen LogP contribution >= 0.6 is 27.5 Å². The second-order valence-electron chi connectivity index (χ2n) is 5.03. The average Bonchev–Trinajstić information content (AvgIpc) is 3.07. The van der Waals surface area contributed by atoms with Crippen molar-refractivity contribution in [2.24, 2.45) is 0 Å². The van der Waals surface area contributed by atoms with Crippen molar-refractivity contribution in [2.45, 2.75) is 6.92 Å². The molecule has 2 heterocycles. The van der Waals surface area contributed by atoms with Gasteiger partial charge in [0.2, 0.25) is 0 Å². The Kier molecular flexibility index (Phi) is 5.02. The number of aromatic nitrogens is 1. The molecule has 0 bridgehead atoms. The highest BCUT2D eigenvalue weighted by atomic mass is 79.9. The molecular weight excluding hydrogens is 392 g/mol. The Balaban J connectivity index is 1.90. The number of anilines is 1. The Morgan fingerprint density at radius 2 is 2.00 bits per heavy atom. The third-order valence-corrected chi connectivity index (χ3v) is 4.30. The van der Waals surface area contributed by atoms with E-state index in [0.717, 1.165) is 10.0 Å². The summed E-state index contributed by atoms with van der Waals surface area (Å²) in [5.41, 5.74) is 0.753. The van der Waals surface area contributed by atoms with Crippen LogP contribution in [0.1, 0.15) is 17.5 Å². The van der Waals surface area contributed by atoms with Gasteiger partial charge in [0.25, 0.3) is 5.91 Å². The number of nitrogens with zero attached hydrogens (tertiary/aromatic N) is 2. The number of rotatable bonds is 4. The Morgan fingerprint density at radius 3 is 2.67 bits per heavy atom. The largest absolute Gasteiger partial charge is 0.451 e. The van der Waals surface area contributed by atoms with Gasteiger partial charge in [0.1, 0.15) is 11.6 Å². The third kappa shape index (κ3) is 3.37. The highest BCUT2D eigenvalue weighted by Gasteiger charge is 2.21. The third-order valence-electron chi connectivity index (χ3n) is 3.51. The van der Waals surface area contributed by atoms with Crippen molar-refractivity contribution < 1.29 is 9.21 Å². The molecule has 24 heavy (non-hydrogen) atoms. The summed E-state index contributed by atoms with van der Waals surface area (Å²) < 4.78 is 6.58. The molecule has 0 fully saturated rings. The Bertz CT molecular complexity index is 861. The van der Waals surface area contributed by atoms with Gasteiger partial charge in [0.15, 0.2) is 5.76 Å². The van der Waals surface area contributed by atoms with E-state index in [1.54, 1.807) is 35.4 Å². The molecule has 0 aliphatic heterocycles. The quantitative estimate of drug-likeness (QED) is 0.582. The fourth-order valence-electron chi connectivity index (χ4n) is 2.33. The first kappa shape index (κ1) is 16.7. The van der Waals surface area contributed by atoms with Crippen molar-refractivity contribution in [2.75, 3.05) is 11.4 Å². The van der Waals surface area contributed by atoms with Crippen LogP contribution in [0.4, 0.5) is 5.82 Å². The first-order valence-electron chi connectivity index (χ1n) is 7.38. The van der Waals surface area contributed by atoms with Crippen LogP contribution in [-0.2, 0) is 0 Å². The van der Waals surface area contributed by atoms with Gasteiger partial charge in [-0.05, 0) is 59.3 Å². The Hall–Kier alpha value is -2.11. The minimum absolute atomic E-state index is 0.245. The molecule has 0 saturated carbocycles. The van der Waals surface area contributed by atoms with E-state index in [0.29, 0.717) is 23.1 Å². The number of hydrogen-bond acceptors (Lipinski definition) is 3. The van der Waals surface area contributed by atoms with Crippen LogP contribution in [-0.4, -0.2) is 17.4 Å². The zero-order chi connectivity index (χ0) is 17.1. The summed E-state index contributed by atoms with van der Waals surface area (Å²) >= 11 is 9.52. The molecule has 0 unspecified atom stereocenters. The number of carbonyl (C=O) groups excluding carboxylic acids is 1. The number of benzene rings is 1. The highest BCUT2D eigenvalue weighted by Crippen LogP contribution is 2.29. The van der Waals surface area contributed by atoms with Crippen molar-refractivity contribution in [1.29, 1.82) is 0 Å². The fourth-order valence-corrected chi connectivity index (χ4v) is 2.79. The van der Waals surface area contributed by atoms with Gasteiger partial charge in [-0.3, -0.25) is 9.69 Å². The van der Waals surface area contributed by atoms with E-state index in [1.807, 2.05) is 31.2 Å². The Labute approximate surface area is 153 Å². The molecule has 3 rings (SSSR count). The number of halogens is 2. The molecule has 122 valence electrons. The minimum atomic E-state index is -0.245. The molecule has 2 aromatic heterocycles. The number of pyridine rings is 1. The van der Waals surface area contributed by atoms with E-state index >= 15 is 0 Å². The van der Waals surface area contributed by atoms with E-state index in [1.165, 1.54) is 0 Å². The summed E-state index contributed by atoms with van der Waals surface area (Å²) in [6, 6.07) is 14.4. The molecule has 3 aromatic rings. The van der Waals surface area contributed by atoms with Gasteiger partial charge >= 0.3 is 0 Å². The van der Waals surface area contributed by atoms with Crippen LogP contribution in [0.25, 0.3) is 11.3 Å². The molecule has 0 spiro atoms. The molecule has 0 aliphatic carbocycles. The minimum Gasteiger partial charge on any atom is -0.451 e. The zero-order valence-corrected chi connectivity index (χ0v) is 15.2. The van der Waals surface area contributed by atoms with Gasteiger partial charge in [-0.2, -0.15) is 0 Å². The van der Waals surface area contributed by atoms with E-state index in [4.69, 9.17) is 16.0 Å². The first-order chi connectivity index (χ1) is 11.6. The number of furan rings is 1. The predicted molar refractivity (Wildman–Crippen MR) is 98.4 cm³/mol. The number of amides is 1. The standard InChI is InChI=1S/C18H14BrClN2O2/c1-2-22(17-10-7-12(19)11-21-17)18(23)16-9-8-15(24-16)13-5-3-4-6-14(13)20/h3-11H,2H2,1H3. The maximum absolute atomic E-state index is 12.7. The summed E-state index contributed by atoms with van der Waals surface area (Å²) in [6.45, 7) is 2.37. The summed E-state index contributed by atoms with van der Waals surface area (Å²) in [6.07, 6.45) is 1.66. The molecule has 6 heteroatoms. The summed E-state index contributed by atoms with van der Waals surface area (Å²) in [5, 5.41) is 0.577. The summed E-state index contributed by atoms with van der Waals surface area (Å²) in [4.78, 5) is 18.6. The lowest BCUT2D eigenvalue weighted by molar-refractivity contribution is 0.0961. The second kappa shape index (κ2) is 7.20. The smallest absolute Gasteiger partial charge is 0.295 e. The van der Waals surface area contributed by atoms with Crippen LogP contribution in [0.2, 0.25) is 5.02 Å². The molecule has 4 nitrogen and oxygen atoms in total. The lowest BCUT2D eigenvalue weighted by Gasteiger charge is -2.18. The Morgan fingerprint density at radius 1 is 1.21 bits per heavy atom. The predicted octanol–water partition coefficient (Wildman–Crippen LogP) is 5.42. The molecule has 0 atom stereocenters. The van der Waals surface area contributed by atoms with Gasteiger partial charge in [-0.25, -0.2) is 4.98 Å². The van der Waals surface area contributed by atoms with Crippen molar-refractivity contribution >= 4 is 39.3 Å². The van der Waals surface area contributed by atoms with Crippen molar-refractivity contribution in [3.05, 3.63) is 70.0 Å². The maximum atomic E-state index is 12.7. The molecule has 0 N–H and O–H groups in total. The van der Waals surface area contributed by atoms with Crippen molar-refractivity contribution in [1.82, 2.24) is 4.98 Å². The SMILES string of the molecule is CCN(C(=O)c1ccc(-c2ccccc2Cl)o1)c1ccc(Br)cn1. The molecule has 0 radical (unpaired) electrons. The first-order valence-corrected chi connectivity index (χ1v) is 8.55. The highest BCUT2D eigenvalue weighted by molar-refractivity contribution is 9.10. The lowest BCUT2D eigenvalue weighted by Crippen LogP contribution is -2.31. The van der Waals surface area contributed by atoms with Crippen LogP contribution in [0.5, 0.6) is 0 Å². The van der Waals surface area contributed by atoms with Crippen molar-refractivity contribution in [3.63, 3.8) is 0 Å². The van der Waals surface area contributed by atoms with Gasteiger partial charge in [-0.15, -0.1) is 0 Å². The van der Waals surface area contributed by atoms with Crippen molar-refractivity contribution in [3.8, 4) is 11.3 Å². The molecule has 1 aromatic carbocycles. The van der Waals surface area contributed by atoms with E-state index in [9.17, 15) is 4.79 Å². The maximum Gasteiger partial charge on any atom is 0.295 e. The van der Waals surface area contributed by atoms with E-state index in [-0.39, 0.29) is 11.7 Å². The van der Waals surface area contributed by atoms with Crippen LogP contribution in [0.3, 0.4) is 0 Å². The van der Waals surface area contributed by atoms with Crippen LogP contribution in [0.15, 0.2) is 63.6 Å². The topological polar surface area (TPSA) is 46.3 Å². The number of carbonyl (C=O) groups is 1. The molecule has 0 saturated heterocycles. The van der Waals surface area contributed by atoms with Crippen LogP contribution in [0, 0.1) is 0 Å². The van der Waals surface area contributed by atoms with E-state index < -0.39 is 0 Å². The van der Waals surface area contributed by atoms with Gasteiger partial charge < -0.3 is 4.42 Å². The summed E-state index contributed by atoms with van der Waals surface area (Å²) in [5.74, 6) is 1.13. The molecule has 1 amide bonds. The van der Waals surface area contributed by atoms with E-state index in [2.05, 4.69) is 20.9 Å². The van der Waals surface area contributed by atoms with Gasteiger partial charge in [0, 0.05) is 22.8 Å². The second-order valence-corrected chi connectivity index (χ2v) is 6.35.